The zero-order valence-corrected chi connectivity index (χ0v) is 8.51. The van der Waals surface area contributed by atoms with Crippen LogP contribution < -0.4 is 5.73 Å². The number of hydrogen-bond donors (Lipinski definition) is 2. The Morgan fingerprint density at radius 3 is 2.75 bits per heavy atom. The van der Waals surface area contributed by atoms with Gasteiger partial charge in [-0.1, -0.05) is 28.1 Å². The second-order valence-corrected chi connectivity index (χ2v) is 3.90. The summed E-state index contributed by atoms with van der Waals surface area (Å²) in [6.07, 6.45) is 0. The van der Waals surface area contributed by atoms with E-state index >= 15 is 0 Å². The topological polar surface area (TPSA) is 46.2 Å². The van der Waals surface area contributed by atoms with Crippen molar-refractivity contribution in [3.05, 3.63) is 34.3 Å². The van der Waals surface area contributed by atoms with Gasteiger partial charge < -0.3 is 10.8 Å². The summed E-state index contributed by atoms with van der Waals surface area (Å²) >= 11 is 3.33. The Kier molecular flexibility index (Phi) is 2.88. The summed E-state index contributed by atoms with van der Waals surface area (Å²) in [4.78, 5) is 0. The molecule has 12 heavy (non-hydrogen) atoms. The van der Waals surface area contributed by atoms with E-state index in [2.05, 4.69) is 15.9 Å². The Balaban J connectivity index is 3.03. The van der Waals surface area contributed by atoms with Gasteiger partial charge in [-0.3, -0.25) is 0 Å². The molecule has 0 saturated heterocycles. The standard InChI is InChI=1S/C9H12BrNO/c1-9(12,6-11)7-3-2-4-8(10)5-7/h2-5,12H,6,11H2,1H3. The predicted molar refractivity (Wildman–Crippen MR) is 52.8 cm³/mol. The molecule has 3 N–H and O–H groups in total. The van der Waals surface area contributed by atoms with E-state index in [-0.39, 0.29) is 6.54 Å². The van der Waals surface area contributed by atoms with E-state index in [0.717, 1.165) is 10.0 Å². The summed E-state index contributed by atoms with van der Waals surface area (Å²) in [6, 6.07) is 7.52. The average Bonchev–Trinajstić information content (AvgIpc) is 2.05. The predicted octanol–water partition coefficient (Wildman–Crippen LogP) is 1.62. The summed E-state index contributed by atoms with van der Waals surface area (Å²) in [6.45, 7) is 1.93. The Morgan fingerprint density at radius 2 is 2.25 bits per heavy atom. The Hall–Kier alpha value is -0.380. The van der Waals surface area contributed by atoms with E-state index in [1.54, 1.807) is 6.92 Å². The molecule has 3 heteroatoms. The van der Waals surface area contributed by atoms with Crippen molar-refractivity contribution in [3.8, 4) is 0 Å². The fourth-order valence-electron chi connectivity index (χ4n) is 0.941. The van der Waals surface area contributed by atoms with Gasteiger partial charge in [0.15, 0.2) is 0 Å². The molecule has 0 aromatic heterocycles. The fourth-order valence-corrected chi connectivity index (χ4v) is 1.34. The van der Waals surface area contributed by atoms with Crippen molar-refractivity contribution >= 4 is 15.9 Å². The zero-order chi connectivity index (χ0) is 9.19. The van der Waals surface area contributed by atoms with Crippen LogP contribution in [0, 0.1) is 0 Å². The van der Waals surface area contributed by atoms with Gasteiger partial charge in [-0.15, -0.1) is 0 Å². The third-order valence-corrected chi connectivity index (χ3v) is 2.34. The van der Waals surface area contributed by atoms with Crippen molar-refractivity contribution in [2.24, 2.45) is 5.73 Å². The second kappa shape index (κ2) is 3.56. The van der Waals surface area contributed by atoms with Crippen LogP contribution in [0.25, 0.3) is 0 Å². The molecule has 0 aliphatic heterocycles. The third kappa shape index (κ3) is 2.06. The lowest BCUT2D eigenvalue weighted by Gasteiger charge is -2.21. The summed E-state index contributed by atoms with van der Waals surface area (Å²) in [5.41, 5.74) is 5.33. The molecule has 0 heterocycles. The number of benzene rings is 1. The highest BCUT2D eigenvalue weighted by Gasteiger charge is 2.20. The summed E-state index contributed by atoms with van der Waals surface area (Å²) < 4.78 is 0.953. The van der Waals surface area contributed by atoms with Crippen LogP contribution in [0.5, 0.6) is 0 Å². The molecule has 1 rings (SSSR count). The van der Waals surface area contributed by atoms with Crippen molar-refractivity contribution in [1.29, 1.82) is 0 Å². The monoisotopic (exact) mass is 229 g/mol. The maximum absolute atomic E-state index is 9.77. The molecular weight excluding hydrogens is 218 g/mol. The third-order valence-electron chi connectivity index (χ3n) is 1.84. The van der Waals surface area contributed by atoms with Crippen molar-refractivity contribution < 1.29 is 5.11 Å². The smallest absolute Gasteiger partial charge is 0.0990 e. The lowest BCUT2D eigenvalue weighted by molar-refractivity contribution is 0.0668. The highest BCUT2D eigenvalue weighted by atomic mass is 79.9. The van der Waals surface area contributed by atoms with Gasteiger partial charge >= 0.3 is 0 Å². The SMILES string of the molecule is CC(O)(CN)c1cccc(Br)c1. The minimum atomic E-state index is -0.927. The fraction of sp³-hybridized carbons (Fsp3) is 0.333. The van der Waals surface area contributed by atoms with E-state index in [1.807, 2.05) is 24.3 Å². The van der Waals surface area contributed by atoms with E-state index in [9.17, 15) is 5.11 Å². The quantitative estimate of drug-likeness (QED) is 0.810. The molecule has 0 bridgehead atoms. The first-order valence-corrected chi connectivity index (χ1v) is 4.54. The molecule has 1 aromatic carbocycles. The van der Waals surface area contributed by atoms with Crippen LogP contribution in [-0.4, -0.2) is 11.7 Å². The molecule has 1 aromatic rings. The lowest BCUT2D eigenvalue weighted by atomic mass is 9.97. The number of nitrogens with two attached hydrogens (primary N) is 1. The molecule has 0 amide bonds. The molecular formula is C9H12BrNO. The second-order valence-electron chi connectivity index (χ2n) is 2.99. The zero-order valence-electron chi connectivity index (χ0n) is 6.92. The molecule has 2 nitrogen and oxygen atoms in total. The molecule has 0 saturated carbocycles. The minimum Gasteiger partial charge on any atom is -0.384 e. The van der Waals surface area contributed by atoms with Gasteiger partial charge in [-0.2, -0.15) is 0 Å². The van der Waals surface area contributed by atoms with Crippen LogP contribution in [0.15, 0.2) is 28.7 Å². The van der Waals surface area contributed by atoms with Gasteiger partial charge in [-0.25, -0.2) is 0 Å². The Morgan fingerprint density at radius 1 is 1.58 bits per heavy atom. The molecule has 0 aliphatic rings. The van der Waals surface area contributed by atoms with Crippen LogP contribution in [0.3, 0.4) is 0 Å². The van der Waals surface area contributed by atoms with Crippen molar-refractivity contribution in [3.63, 3.8) is 0 Å². The highest BCUT2D eigenvalue weighted by Crippen LogP contribution is 2.22. The highest BCUT2D eigenvalue weighted by molar-refractivity contribution is 9.10. The van der Waals surface area contributed by atoms with Gasteiger partial charge in [0, 0.05) is 11.0 Å². The minimum absolute atomic E-state index is 0.226. The molecule has 0 spiro atoms. The maximum Gasteiger partial charge on any atom is 0.0990 e. The van der Waals surface area contributed by atoms with E-state index in [4.69, 9.17) is 5.73 Å². The average molecular weight is 230 g/mol. The Labute approximate surface area is 80.5 Å². The van der Waals surface area contributed by atoms with Crippen LogP contribution in [0.1, 0.15) is 12.5 Å². The lowest BCUT2D eigenvalue weighted by Crippen LogP contribution is -2.31. The number of hydrogen-bond acceptors (Lipinski definition) is 2. The maximum atomic E-state index is 9.77. The number of rotatable bonds is 2. The first kappa shape index (κ1) is 9.71. The van der Waals surface area contributed by atoms with Crippen LogP contribution >= 0.6 is 15.9 Å². The normalized spacial score (nSPS) is 15.7. The van der Waals surface area contributed by atoms with Crippen LogP contribution in [0.4, 0.5) is 0 Å². The molecule has 0 radical (unpaired) electrons. The van der Waals surface area contributed by atoms with E-state index in [1.165, 1.54) is 0 Å². The largest absolute Gasteiger partial charge is 0.384 e. The van der Waals surface area contributed by atoms with Crippen molar-refractivity contribution in [2.45, 2.75) is 12.5 Å². The first-order valence-electron chi connectivity index (χ1n) is 3.75. The van der Waals surface area contributed by atoms with Crippen LogP contribution in [0.2, 0.25) is 0 Å². The summed E-state index contributed by atoms with van der Waals surface area (Å²) in [5.74, 6) is 0. The number of halogens is 1. The first-order chi connectivity index (χ1) is 5.56. The molecule has 0 aliphatic carbocycles. The summed E-state index contributed by atoms with van der Waals surface area (Å²) in [7, 11) is 0. The van der Waals surface area contributed by atoms with Gasteiger partial charge in [0.05, 0.1) is 5.60 Å². The van der Waals surface area contributed by atoms with Gasteiger partial charge in [0.2, 0.25) is 0 Å². The molecule has 1 unspecified atom stereocenters. The molecule has 66 valence electrons. The van der Waals surface area contributed by atoms with Gasteiger partial charge in [0.25, 0.3) is 0 Å². The number of aliphatic hydroxyl groups is 1. The summed E-state index contributed by atoms with van der Waals surface area (Å²) in [5, 5.41) is 9.77. The van der Waals surface area contributed by atoms with Crippen molar-refractivity contribution in [2.75, 3.05) is 6.54 Å². The van der Waals surface area contributed by atoms with Crippen LogP contribution in [-0.2, 0) is 5.60 Å². The van der Waals surface area contributed by atoms with Gasteiger partial charge in [0.1, 0.15) is 0 Å². The van der Waals surface area contributed by atoms with E-state index in [0.29, 0.717) is 0 Å². The van der Waals surface area contributed by atoms with E-state index < -0.39 is 5.60 Å². The van der Waals surface area contributed by atoms with Gasteiger partial charge in [-0.05, 0) is 24.6 Å². The van der Waals surface area contributed by atoms with Crippen molar-refractivity contribution in [1.82, 2.24) is 0 Å². The Bertz CT molecular complexity index is 273. The molecule has 1 atom stereocenters. The molecule has 0 fully saturated rings.